The van der Waals surface area contributed by atoms with Crippen LogP contribution in [0.2, 0.25) is 0 Å². The van der Waals surface area contributed by atoms with Crippen LogP contribution in [0.5, 0.6) is 0 Å². The molecule has 1 amide bonds. The van der Waals surface area contributed by atoms with Crippen LogP contribution in [0.15, 0.2) is 0 Å². The standard InChI is InChI=1S/C11H19NO/c1-8-6-10-4-3-5-11(7-8)12(10)9(2)13/h8,10-11H,3-7H2,1-2H3. The molecule has 0 saturated carbocycles. The fourth-order valence-electron chi connectivity index (χ4n) is 3.17. The van der Waals surface area contributed by atoms with Gasteiger partial charge in [-0.15, -0.1) is 0 Å². The predicted octanol–water partition coefficient (Wildman–Crippen LogP) is 2.19. The fourth-order valence-corrected chi connectivity index (χ4v) is 3.17. The van der Waals surface area contributed by atoms with Crippen molar-refractivity contribution in [2.75, 3.05) is 0 Å². The van der Waals surface area contributed by atoms with E-state index >= 15 is 0 Å². The smallest absolute Gasteiger partial charge is 0.219 e. The van der Waals surface area contributed by atoms with Crippen LogP contribution in [0, 0.1) is 5.92 Å². The predicted molar refractivity (Wildman–Crippen MR) is 52.3 cm³/mol. The quantitative estimate of drug-likeness (QED) is 0.561. The summed E-state index contributed by atoms with van der Waals surface area (Å²) in [7, 11) is 0. The average Bonchev–Trinajstić information content (AvgIpc) is 2.01. The molecule has 0 N–H and O–H groups in total. The van der Waals surface area contributed by atoms with Gasteiger partial charge in [0.25, 0.3) is 0 Å². The summed E-state index contributed by atoms with van der Waals surface area (Å²) in [6.45, 7) is 4.05. The van der Waals surface area contributed by atoms with E-state index in [9.17, 15) is 4.79 Å². The molecular formula is C11H19NO. The van der Waals surface area contributed by atoms with E-state index in [2.05, 4.69) is 11.8 Å². The number of carbonyl (C=O) groups is 1. The summed E-state index contributed by atoms with van der Waals surface area (Å²) in [6.07, 6.45) is 6.26. The molecule has 74 valence electrons. The zero-order valence-corrected chi connectivity index (χ0v) is 8.62. The number of carbonyl (C=O) groups excluding carboxylic acids is 1. The molecule has 13 heavy (non-hydrogen) atoms. The van der Waals surface area contributed by atoms with Crippen LogP contribution < -0.4 is 0 Å². The lowest BCUT2D eigenvalue weighted by atomic mass is 9.79. The summed E-state index contributed by atoms with van der Waals surface area (Å²) in [5, 5.41) is 0. The summed E-state index contributed by atoms with van der Waals surface area (Å²) in [6, 6.07) is 1.14. The van der Waals surface area contributed by atoms with Crippen molar-refractivity contribution in [3.05, 3.63) is 0 Å². The van der Waals surface area contributed by atoms with E-state index in [1.54, 1.807) is 6.92 Å². The summed E-state index contributed by atoms with van der Waals surface area (Å²) in [5.41, 5.74) is 0. The second kappa shape index (κ2) is 3.32. The monoisotopic (exact) mass is 181 g/mol. The molecule has 0 aliphatic carbocycles. The normalized spacial score (nSPS) is 38.9. The Labute approximate surface area is 80.3 Å². The first kappa shape index (κ1) is 9.04. The molecule has 0 aromatic carbocycles. The molecule has 0 spiro atoms. The fraction of sp³-hybridized carbons (Fsp3) is 0.909. The van der Waals surface area contributed by atoms with Crippen molar-refractivity contribution in [2.45, 2.75) is 58.0 Å². The minimum absolute atomic E-state index is 0.293. The van der Waals surface area contributed by atoms with Gasteiger partial charge in [-0.2, -0.15) is 0 Å². The van der Waals surface area contributed by atoms with Crippen molar-refractivity contribution in [3.8, 4) is 0 Å². The Kier molecular flexibility index (Phi) is 2.31. The van der Waals surface area contributed by atoms with Gasteiger partial charge >= 0.3 is 0 Å². The molecule has 2 aliphatic rings. The van der Waals surface area contributed by atoms with Gasteiger partial charge in [0.05, 0.1) is 0 Å². The van der Waals surface area contributed by atoms with E-state index in [4.69, 9.17) is 0 Å². The Hall–Kier alpha value is -0.530. The molecule has 2 fully saturated rings. The molecule has 2 nitrogen and oxygen atoms in total. The number of fused-ring (bicyclic) bond motifs is 2. The lowest BCUT2D eigenvalue weighted by molar-refractivity contribution is -0.139. The highest BCUT2D eigenvalue weighted by Gasteiger charge is 2.37. The second-order valence-corrected chi connectivity index (χ2v) is 4.74. The van der Waals surface area contributed by atoms with Crippen LogP contribution in [0.4, 0.5) is 0 Å². The molecule has 2 saturated heterocycles. The van der Waals surface area contributed by atoms with Crippen molar-refractivity contribution >= 4 is 5.91 Å². The van der Waals surface area contributed by atoms with Crippen molar-refractivity contribution in [1.29, 1.82) is 0 Å². The van der Waals surface area contributed by atoms with Crippen LogP contribution >= 0.6 is 0 Å². The maximum Gasteiger partial charge on any atom is 0.219 e. The van der Waals surface area contributed by atoms with E-state index < -0.39 is 0 Å². The molecular weight excluding hydrogens is 162 g/mol. The van der Waals surface area contributed by atoms with Crippen LogP contribution in [0.3, 0.4) is 0 Å². The number of hydrogen-bond donors (Lipinski definition) is 0. The van der Waals surface area contributed by atoms with Gasteiger partial charge in [-0.25, -0.2) is 0 Å². The van der Waals surface area contributed by atoms with E-state index in [0.29, 0.717) is 18.0 Å². The molecule has 2 bridgehead atoms. The topological polar surface area (TPSA) is 20.3 Å². The highest BCUT2D eigenvalue weighted by Crippen LogP contribution is 2.36. The number of piperidine rings is 2. The summed E-state index contributed by atoms with van der Waals surface area (Å²) < 4.78 is 0. The van der Waals surface area contributed by atoms with Gasteiger partial charge in [0.2, 0.25) is 5.91 Å². The maximum atomic E-state index is 11.4. The molecule has 0 aromatic heterocycles. The van der Waals surface area contributed by atoms with E-state index in [1.165, 1.54) is 32.1 Å². The van der Waals surface area contributed by atoms with Crippen molar-refractivity contribution < 1.29 is 4.79 Å². The zero-order chi connectivity index (χ0) is 9.42. The largest absolute Gasteiger partial charge is 0.337 e. The number of rotatable bonds is 0. The SMILES string of the molecule is CC(=O)N1C2CCCC1CC(C)C2. The Morgan fingerprint density at radius 3 is 2.23 bits per heavy atom. The van der Waals surface area contributed by atoms with Gasteiger partial charge in [0.1, 0.15) is 0 Å². The van der Waals surface area contributed by atoms with Crippen LogP contribution in [0.1, 0.15) is 46.0 Å². The van der Waals surface area contributed by atoms with Crippen molar-refractivity contribution in [1.82, 2.24) is 4.90 Å². The summed E-state index contributed by atoms with van der Waals surface area (Å²) in [5.74, 6) is 1.12. The maximum absolute atomic E-state index is 11.4. The number of amides is 1. The molecule has 2 heterocycles. The van der Waals surface area contributed by atoms with Crippen LogP contribution in [-0.2, 0) is 4.79 Å². The summed E-state index contributed by atoms with van der Waals surface area (Å²) in [4.78, 5) is 13.6. The lowest BCUT2D eigenvalue weighted by Crippen LogP contribution is -2.53. The van der Waals surface area contributed by atoms with Gasteiger partial charge in [0, 0.05) is 19.0 Å². The third kappa shape index (κ3) is 1.59. The number of nitrogens with zero attached hydrogens (tertiary/aromatic N) is 1. The zero-order valence-electron chi connectivity index (χ0n) is 8.62. The molecule has 2 unspecified atom stereocenters. The van der Waals surface area contributed by atoms with Gasteiger partial charge in [-0.3, -0.25) is 4.79 Å². The molecule has 2 aliphatic heterocycles. The molecule has 2 rings (SSSR count). The Balaban J connectivity index is 2.14. The minimum atomic E-state index is 0.293. The Bertz CT molecular complexity index is 200. The molecule has 2 atom stereocenters. The minimum Gasteiger partial charge on any atom is -0.337 e. The van der Waals surface area contributed by atoms with Gasteiger partial charge < -0.3 is 4.90 Å². The molecule has 2 heteroatoms. The first-order valence-electron chi connectivity index (χ1n) is 5.47. The van der Waals surface area contributed by atoms with E-state index in [1.807, 2.05) is 0 Å². The van der Waals surface area contributed by atoms with Gasteiger partial charge in [-0.05, 0) is 38.0 Å². The van der Waals surface area contributed by atoms with Crippen molar-refractivity contribution in [2.24, 2.45) is 5.92 Å². The summed E-state index contributed by atoms with van der Waals surface area (Å²) >= 11 is 0. The van der Waals surface area contributed by atoms with E-state index in [-0.39, 0.29) is 0 Å². The average molecular weight is 181 g/mol. The van der Waals surface area contributed by atoms with Crippen molar-refractivity contribution in [3.63, 3.8) is 0 Å². The van der Waals surface area contributed by atoms with Crippen LogP contribution in [-0.4, -0.2) is 22.9 Å². The van der Waals surface area contributed by atoms with Gasteiger partial charge in [-0.1, -0.05) is 6.92 Å². The molecule has 0 aromatic rings. The Morgan fingerprint density at radius 1 is 1.23 bits per heavy atom. The first-order valence-corrected chi connectivity index (χ1v) is 5.47. The van der Waals surface area contributed by atoms with Crippen LogP contribution in [0.25, 0.3) is 0 Å². The second-order valence-electron chi connectivity index (χ2n) is 4.74. The Morgan fingerprint density at radius 2 is 1.77 bits per heavy atom. The highest BCUT2D eigenvalue weighted by molar-refractivity contribution is 5.74. The third-order valence-electron chi connectivity index (χ3n) is 3.57. The van der Waals surface area contributed by atoms with E-state index in [0.717, 1.165) is 5.92 Å². The lowest BCUT2D eigenvalue weighted by Gasteiger charge is -2.48. The number of hydrogen-bond acceptors (Lipinski definition) is 1. The highest BCUT2D eigenvalue weighted by atomic mass is 16.2. The van der Waals surface area contributed by atoms with Gasteiger partial charge in [0.15, 0.2) is 0 Å². The molecule has 0 radical (unpaired) electrons. The first-order chi connectivity index (χ1) is 6.18. The third-order valence-corrected chi connectivity index (χ3v) is 3.57.